The van der Waals surface area contributed by atoms with Gasteiger partial charge in [0, 0.05) is 19.1 Å². The molecule has 0 spiro atoms. The molecule has 1 saturated heterocycles. The van der Waals surface area contributed by atoms with Crippen molar-refractivity contribution in [1.29, 1.82) is 5.26 Å². The number of carbonyl (C=O) groups is 1. The lowest BCUT2D eigenvalue weighted by atomic mass is 10.1. The van der Waals surface area contributed by atoms with Crippen molar-refractivity contribution in [2.45, 2.75) is 58.6 Å². The average molecular weight is 344 g/mol. The Morgan fingerprint density at radius 2 is 2.12 bits per heavy atom. The largest absolute Gasteiger partial charge is 0.444 e. The van der Waals surface area contributed by atoms with Crippen molar-refractivity contribution >= 4 is 17.5 Å². The van der Waals surface area contributed by atoms with Crippen molar-refractivity contribution in [2.75, 3.05) is 24.1 Å². The molecule has 6 heteroatoms. The number of amides is 1. The van der Waals surface area contributed by atoms with E-state index in [9.17, 15) is 10.1 Å². The fraction of sp³-hybridized carbons (Fsp3) is 0.579. The number of nitrogens with one attached hydrogen (secondary N) is 1. The Kier molecular flexibility index (Phi) is 5.78. The molecule has 0 bridgehead atoms. The van der Waals surface area contributed by atoms with Gasteiger partial charge in [-0.2, -0.15) is 5.26 Å². The summed E-state index contributed by atoms with van der Waals surface area (Å²) in [4.78, 5) is 14.1. The second kappa shape index (κ2) is 7.64. The standard InChI is InChI=1S/C19H28N4O2/c1-13-9-14(11-20)17(16(21)10-13)22-15-7-5-6-8-23(12-15)18(24)25-19(2,3)4/h9-10,15,22H,5-8,12,21H2,1-4H3. The minimum Gasteiger partial charge on any atom is -0.444 e. The van der Waals surface area contributed by atoms with Crippen LogP contribution in [0.25, 0.3) is 0 Å². The molecule has 0 aliphatic carbocycles. The number of nitrogen functional groups attached to an aromatic ring is 1. The van der Waals surface area contributed by atoms with Crippen LogP contribution in [0.2, 0.25) is 0 Å². The van der Waals surface area contributed by atoms with Crippen molar-refractivity contribution in [1.82, 2.24) is 4.90 Å². The van der Waals surface area contributed by atoms with Gasteiger partial charge >= 0.3 is 6.09 Å². The molecule has 1 unspecified atom stereocenters. The number of ether oxygens (including phenoxy) is 1. The fourth-order valence-corrected chi connectivity index (χ4v) is 3.02. The van der Waals surface area contributed by atoms with Crippen LogP contribution in [0.1, 0.15) is 51.2 Å². The zero-order valence-corrected chi connectivity index (χ0v) is 15.6. The molecule has 1 fully saturated rings. The molecule has 0 radical (unpaired) electrons. The molecule has 2 rings (SSSR count). The van der Waals surface area contributed by atoms with Gasteiger partial charge in [-0.25, -0.2) is 4.79 Å². The lowest BCUT2D eigenvalue weighted by molar-refractivity contribution is 0.0252. The van der Waals surface area contributed by atoms with Gasteiger partial charge in [-0.1, -0.05) is 0 Å². The molecule has 6 nitrogen and oxygen atoms in total. The van der Waals surface area contributed by atoms with Gasteiger partial charge in [-0.3, -0.25) is 0 Å². The number of carbonyl (C=O) groups excluding carboxylic acids is 1. The molecule has 1 aromatic carbocycles. The first-order chi connectivity index (χ1) is 11.7. The van der Waals surface area contributed by atoms with Crippen molar-refractivity contribution in [2.24, 2.45) is 0 Å². The summed E-state index contributed by atoms with van der Waals surface area (Å²) in [6.45, 7) is 8.73. The van der Waals surface area contributed by atoms with Crippen LogP contribution in [-0.2, 0) is 4.74 Å². The zero-order chi connectivity index (χ0) is 18.6. The van der Waals surface area contributed by atoms with Gasteiger partial charge in [-0.05, 0) is 64.7 Å². The van der Waals surface area contributed by atoms with Gasteiger partial charge in [0.2, 0.25) is 0 Å². The topological polar surface area (TPSA) is 91.4 Å². The summed E-state index contributed by atoms with van der Waals surface area (Å²) in [5.41, 5.74) is 8.30. The van der Waals surface area contributed by atoms with E-state index in [1.165, 1.54) is 0 Å². The van der Waals surface area contributed by atoms with E-state index in [-0.39, 0.29) is 12.1 Å². The highest BCUT2D eigenvalue weighted by atomic mass is 16.6. The molecule has 0 saturated carbocycles. The summed E-state index contributed by atoms with van der Waals surface area (Å²) in [6.07, 6.45) is 2.56. The number of nitrogens with zero attached hydrogens (tertiary/aromatic N) is 2. The number of likely N-dealkylation sites (tertiary alicyclic amines) is 1. The van der Waals surface area contributed by atoms with Crippen molar-refractivity contribution in [3.63, 3.8) is 0 Å². The summed E-state index contributed by atoms with van der Waals surface area (Å²) >= 11 is 0. The van der Waals surface area contributed by atoms with Crippen LogP contribution in [-0.4, -0.2) is 35.7 Å². The van der Waals surface area contributed by atoms with Gasteiger partial charge < -0.3 is 20.7 Å². The van der Waals surface area contributed by atoms with E-state index in [1.54, 1.807) is 4.90 Å². The molecule has 1 heterocycles. The van der Waals surface area contributed by atoms with Crippen molar-refractivity contribution < 1.29 is 9.53 Å². The highest BCUT2D eigenvalue weighted by Crippen LogP contribution is 2.27. The highest BCUT2D eigenvalue weighted by molar-refractivity contribution is 5.75. The summed E-state index contributed by atoms with van der Waals surface area (Å²) in [5, 5.41) is 12.8. The second-order valence-corrected chi connectivity index (χ2v) is 7.65. The zero-order valence-electron chi connectivity index (χ0n) is 15.6. The van der Waals surface area contributed by atoms with E-state index in [2.05, 4.69) is 11.4 Å². The number of benzene rings is 1. The summed E-state index contributed by atoms with van der Waals surface area (Å²) < 4.78 is 5.50. The second-order valence-electron chi connectivity index (χ2n) is 7.65. The Morgan fingerprint density at radius 1 is 1.40 bits per heavy atom. The van der Waals surface area contributed by atoms with Gasteiger partial charge in [0.25, 0.3) is 0 Å². The maximum atomic E-state index is 12.4. The first-order valence-electron chi connectivity index (χ1n) is 8.74. The predicted octanol–water partition coefficient (Wildman–Crippen LogP) is 3.65. The molecule has 3 N–H and O–H groups in total. The molecule has 1 aliphatic rings. The van der Waals surface area contributed by atoms with E-state index in [1.807, 2.05) is 39.8 Å². The first kappa shape index (κ1) is 18.9. The molecule has 1 aromatic rings. The Morgan fingerprint density at radius 3 is 2.76 bits per heavy atom. The monoisotopic (exact) mass is 344 g/mol. The molecule has 1 atom stereocenters. The minimum atomic E-state index is -0.512. The van der Waals surface area contributed by atoms with Crippen LogP contribution in [0.5, 0.6) is 0 Å². The Bertz CT molecular complexity index is 673. The fourth-order valence-electron chi connectivity index (χ4n) is 3.02. The third kappa shape index (κ3) is 5.28. The van der Waals surface area contributed by atoms with Gasteiger partial charge in [-0.15, -0.1) is 0 Å². The van der Waals surface area contributed by atoms with Crippen LogP contribution >= 0.6 is 0 Å². The van der Waals surface area contributed by atoms with E-state index in [0.717, 1.165) is 24.8 Å². The minimum absolute atomic E-state index is 0.0344. The number of aryl methyl sites for hydroxylation is 1. The smallest absolute Gasteiger partial charge is 0.410 e. The molecule has 1 amide bonds. The van der Waals surface area contributed by atoms with Gasteiger partial charge in [0.05, 0.1) is 16.9 Å². The van der Waals surface area contributed by atoms with Gasteiger partial charge in [0.15, 0.2) is 0 Å². The molecule has 136 valence electrons. The number of hydrogen-bond acceptors (Lipinski definition) is 5. The number of nitrogens with two attached hydrogens (primary N) is 1. The van der Waals surface area contributed by atoms with E-state index in [0.29, 0.717) is 30.0 Å². The molecule has 25 heavy (non-hydrogen) atoms. The Labute approximate surface area is 149 Å². The molecule has 0 aromatic heterocycles. The average Bonchev–Trinajstić information content (AvgIpc) is 2.73. The Hall–Kier alpha value is -2.42. The van der Waals surface area contributed by atoms with Crippen LogP contribution < -0.4 is 11.1 Å². The normalized spacial score (nSPS) is 18.2. The SMILES string of the molecule is Cc1cc(N)c(NC2CCCCN(C(=O)OC(C)(C)C)C2)c(C#N)c1. The van der Waals surface area contributed by atoms with Crippen LogP contribution in [0, 0.1) is 18.3 Å². The number of anilines is 2. The number of rotatable bonds is 2. The highest BCUT2D eigenvalue weighted by Gasteiger charge is 2.27. The van der Waals surface area contributed by atoms with Gasteiger partial charge in [0.1, 0.15) is 11.7 Å². The van der Waals surface area contributed by atoms with Crippen LogP contribution in [0.3, 0.4) is 0 Å². The summed E-state index contributed by atoms with van der Waals surface area (Å²) in [6, 6.07) is 5.91. The lowest BCUT2D eigenvalue weighted by Crippen LogP contribution is -2.42. The van der Waals surface area contributed by atoms with Crippen LogP contribution in [0.4, 0.5) is 16.2 Å². The maximum absolute atomic E-state index is 12.4. The summed E-state index contributed by atoms with van der Waals surface area (Å²) in [7, 11) is 0. The molecular formula is C19H28N4O2. The van der Waals surface area contributed by atoms with E-state index >= 15 is 0 Å². The van der Waals surface area contributed by atoms with E-state index < -0.39 is 5.60 Å². The molecular weight excluding hydrogens is 316 g/mol. The third-order valence-electron chi connectivity index (χ3n) is 4.11. The first-order valence-corrected chi connectivity index (χ1v) is 8.74. The maximum Gasteiger partial charge on any atom is 0.410 e. The Balaban J connectivity index is 2.15. The van der Waals surface area contributed by atoms with Crippen LogP contribution in [0.15, 0.2) is 12.1 Å². The summed E-state index contributed by atoms with van der Waals surface area (Å²) in [5.74, 6) is 0. The van der Waals surface area contributed by atoms with Crippen molar-refractivity contribution in [3.8, 4) is 6.07 Å². The van der Waals surface area contributed by atoms with Crippen molar-refractivity contribution in [3.05, 3.63) is 23.3 Å². The lowest BCUT2D eigenvalue weighted by Gasteiger charge is -2.29. The predicted molar refractivity (Wildman–Crippen MR) is 99.4 cm³/mol. The number of nitriles is 1. The quantitative estimate of drug-likeness (QED) is 0.799. The number of hydrogen-bond donors (Lipinski definition) is 2. The third-order valence-corrected chi connectivity index (χ3v) is 4.11. The molecule has 1 aliphatic heterocycles. The van der Waals surface area contributed by atoms with E-state index in [4.69, 9.17) is 10.5 Å².